The molecule has 4 heterocycles. The first-order valence-corrected chi connectivity index (χ1v) is 15.7. The van der Waals surface area contributed by atoms with Gasteiger partial charge < -0.3 is 24.6 Å². The predicted molar refractivity (Wildman–Crippen MR) is 148 cm³/mol. The van der Waals surface area contributed by atoms with Crippen LogP contribution >= 0.6 is 0 Å². The highest BCUT2D eigenvalue weighted by atomic mass is 32.2. The van der Waals surface area contributed by atoms with Crippen LogP contribution in [-0.4, -0.2) is 87.3 Å². The van der Waals surface area contributed by atoms with Crippen LogP contribution in [-0.2, 0) is 9.84 Å². The molecule has 1 aromatic carbocycles. The Labute approximate surface area is 220 Å². The second-order valence-electron chi connectivity index (χ2n) is 10.9. The molecule has 2 aromatic rings. The van der Waals surface area contributed by atoms with Gasteiger partial charge in [-0.2, -0.15) is 4.98 Å². The van der Waals surface area contributed by atoms with Gasteiger partial charge in [0, 0.05) is 37.1 Å². The monoisotopic (exact) mass is 531 g/mol. The molecule has 0 saturated carbocycles. The minimum absolute atomic E-state index is 0.0587. The SMILES string of the molecule is COc1cc2c(NC3CCS(=O)(=O)CC3)nc(N3CCC(C)CC3)nc2cc1OCCCN1CCCC1. The van der Waals surface area contributed by atoms with Crippen LogP contribution in [0.25, 0.3) is 10.9 Å². The number of nitrogens with one attached hydrogen (secondary N) is 1. The number of nitrogens with zero attached hydrogens (tertiary/aromatic N) is 4. The Bertz CT molecular complexity index is 1160. The third-order valence-electron chi connectivity index (χ3n) is 8.01. The van der Waals surface area contributed by atoms with Crippen LogP contribution in [0.15, 0.2) is 12.1 Å². The van der Waals surface area contributed by atoms with Gasteiger partial charge in [-0.25, -0.2) is 13.4 Å². The number of hydrogen-bond acceptors (Lipinski definition) is 9. The van der Waals surface area contributed by atoms with Gasteiger partial charge >= 0.3 is 0 Å². The largest absolute Gasteiger partial charge is 0.493 e. The molecule has 3 saturated heterocycles. The summed E-state index contributed by atoms with van der Waals surface area (Å²) in [5, 5.41) is 4.42. The van der Waals surface area contributed by atoms with E-state index in [0.29, 0.717) is 36.9 Å². The molecule has 1 aromatic heterocycles. The lowest BCUT2D eigenvalue weighted by molar-refractivity contribution is 0.254. The van der Waals surface area contributed by atoms with Crippen molar-refractivity contribution in [1.29, 1.82) is 0 Å². The summed E-state index contributed by atoms with van der Waals surface area (Å²) in [6.07, 6.45) is 6.98. The first-order valence-electron chi connectivity index (χ1n) is 13.9. The van der Waals surface area contributed by atoms with Crippen LogP contribution in [0, 0.1) is 5.92 Å². The second-order valence-corrected chi connectivity index (χ2v) is 13.2. The lowest BCUT2D eigenvalue weighted by atomic mass is 10.00. The fourth-order valence-electron chi connectivity index (χ4n) is 5.56. The van der Waals surface area contributed by atoms with Crippen molar-refractivity contribution in [1.82, 2.24) is 14.9 Å². The maximum atomic E-state index is 12.0. The topological polar surface area (TPSA) is 96.9 Å². The molecular formula is C27H41N5O4S. The molecule has 0 amide bonds. The van der Waals surface area contributed by atoms with Crippen molar-refractivity contribution in [2.75, 3.05) is 68.2 Å². The van der Waals surface area contributed by atoms with Crippen LogP contribution in [0.3, 0.4) is 0 Å². The minimum Gasteiger partial charge on any atom is -0.493 e. The minimum atomic E-state index is -2.93. The summed E-state index contributed by atoms with van der Waals surface area (Å²) < 4.78 is 35.8. The van der Waals surface area contributed by atoms with Crippen LogP contribution in [0.1, 0.15) is 51.9 Å². The van der Waals surface area contributed by atoms with Gasteiger partial charge in [0.15, 0.2) is 11.5 Å². The summed E-state index contributed by atoms with van der Waals surface area (Å²) >= 11 is 0. The Hall–Kier alpha value is -2.33. The highest BCUT2D eigenvalue weighted by molar-refractivity contribution is 7.91. The number of rotatable bonds is 9. The van der Waals surface area contributed by atoms with Crippen molar-refractivity contribution in [3.8, 4) is 11.5 Å². The average Bonchev–Trinajstić information content (AvgIpc) is 3.41. The van der Waals surface area contributed by atoms with Crippen molar-refractivity contribution in [2.45, 2.75) is 57.9 Å². The number of likely N-dealkylation sites (tertiary alicyclic amines) is 1. The zero-order valence-electron chi connectivity index (χ0n) is 22.2. The van der Waals surface area contributed by atoms with Gasteiger partial charge in [-0.1, -0.05) is 6.92 Å². The Kier molecular flexibility index (Phi) is 8.24. The molecule has 0 radical (unpaired) electrons. The van der Waals surface area contributed by atoms with E-state index >= 15 is 0 Å². The average molecular weight is 532 g/mol. The summed E-state index contributed by atoms with van der Waals surface area (Å²) in [6.45, 7) is 8.23. The molecule has 3 fully saturated rings. The first-order chi connectivity index (χ1) is 17.9. The summed E-state index contributed by atoms with van der Waals surface area (Å²) in [6, 6.07) is 3.98. The molecule has 37 heavy (non-hydrogen) atoms. The third-order valence-corrected chi connectivity index (χ3v) is 9.72. The molecule has 5 rings (SSSR count). The first kappa shape index (κ1) is 26.3. The van der Waals surface area contributed by atoms with Crippen LogP contribution in [0.2, 0.25) is 0 Å². The molecule has 9 nitrogen and oxygen atoms in total. The quantitative estimate of drug-likeness (QED) is 0.486. The fraction of sp³-hybridized carbons (Fsp3) is 0.704. The second kappa shape index (κ2) is 11.6. The Morgan fingerprint density at radius 2 is 1.73 bits per heavy atom. The normalized spacial score (nSPS) is 21.4. The standard InChI is InChI=1S/C27H41N5O4S/c1-20-6-13-32(14-7-20)27-29-23-19-25(36-15-5-12-31-10-3-4-11-31)24(35-2)18-22(23)26(30-27)28-21-8-16-37(33,34)17-9-21/h18-21H,3-17H2,1-2H3,(H,28,29,30). The molecule has 10 heteroatoms. The van der Waals surface area contributed by atoms with Gasteiger partial charge in [-0.15, -0.1) is 0 Å². The molecule has 0 unspecified atom stereocenters. The lowest BCUT2D eigenvalue weighted by Gasteiger charge is -2.31. The van der Waals surface area contributed by atoms with E-state index in [4.69, 9.17) is 19.4 Å². The highest BCUT2D eigenvalue weighted by Crippen LogP contribution is 2.36. The summed E-state index contributed by atoms with van der Waals surface area (Å²) in [5.41, 5.74) is 0.810. The number of piperidine rings is 1. The van der Waals surface area contributed by atoms with Crippen LogP contribution in [0.5, 0.6) is 11.5 Å². The van der Waals surface area contributed by atoms with E-state index < -0.39 is 9.84 Å². The zero-order valence-corrected chi connectivity index (χ0v) is 23.1. The molecule has 0 bridgehead atoms. The number of anilines is 2. The zero-order chi connectivity index (χ0) is 25.8. The van der Waals surface area contributed by atoms with Crippen molar-refractivity contribution >= 4 is 32.5 Å². The predicted octanol–water partition coefficient (Wildman–Crippen LogP) is 3.73. The van der Waals surface area contributed by atoms with E-state index in [0.717, 1.165) is 61.6 Å². The number of sulfone groups is 1. The van der Waals surface area contributed by atoms with Crippen molar-refractivity contribution < 1.29 is 17.9 Å². The number of ether oxygens (including phenoxy) is 2. The van der Waals surface area contributed by atoms with Gasteiger partial charge in [-0.05, 0) is 70.0 Å². The van der Waals surface area contributed by atoms with Crippen molar-refractivity contribution in [3.63, 3.8) is 0 Å². The molecule has 0 atom stereocenters. The third kappa shape index (κ3) is 6.57. The lowest BCUT2D eigenvalue weighted by Crippen LogP contribution is -2.35. The van der Waals surface area contributed by atoms with Gasteiger partial charge in [0.25, 0.3) is 0 Å². The summed E-state index contributed by atoms with van der Waals surface area (Å²) in [4.78, 5) is 14.7. The number of benzene rings is 1. The Morgan fingerprint density at radius 1 is 1.00 bits per heavy atom. The molecule has 204 valence electrons. The van der Waals surface area contributed by atoms with E-state index in [2.05, 4.69) is 22.0 Å². The molecule has 0 aliphatic carbocycles. The smallest absolute Gasteiger partial charge is 0.227 e. The number of methoxy groups -OCH3 is 1. The summed E-state index contributed by atoms with van der Waals surface area (Å²) in [5.74, 6) is 3.95. The van der Waals surface area contributed by atoms with Crippen molar-refractivity contribution in [2.24, 2.45) is 5.92 Å². The van der Waals surface area contributed by atoms with Gasteiger partial charge in [0.1, 0.15) is 15.7 Å². The van der Waals surface area contributed by atoms with E-state index in [1.807, 2.05) is 12.1 Å². The van der Waals surface area contributed by atoms with Crippen LogP contribution in [0.4, 0.5) is 11.8 Å². The Balaban J connectivity index is 1.40. The molecule has 3 aliphatic rings. The molecule has 0 spiro atoms. The summed E-state index contributed by atoms with van der Waals surface area (Å²) in [7, 11) is -1.28. The number of fused-ring (bicyclic) bond motifs is 1. The van der Waals surface area contributed by atoms with E-state index in [1.165, 1.54) is 25.9 Å². The van der Waals surface area contributed by atoms with E-state index in [1.54, 1.807) is 7.11 Å². The molecular weight excluding hydrogens is 490 g/mol. The van der Waals surface area contributed by atoms with E-state index in [-0.39, 0.29) is 17.5 Å². The van der Waals surface area contributed by atoms with Crippen molar-refractivity contribution in [3.05, 3.63) is 12.1 Å². The maximum Gasteiger partial charge on any atom is 0.227 e. The number of hydrogen-bond donors (Lipinski definition) is 1. The van der Waals surface area contributed by atoms with Gasteiger partial charge in [0.05, 0.1) is 30.7 Å². The highest BCUT2D eigenvalue weighted by Gasteiger charge is 2.26. The Morgan fingerprint density at radius 3 is 2.43 bits per heavy atom. The van der Waals surface area contributed by atoms with Crippen LogP contribution < -0.4 is 19.7 Å². The van der Waals surface area contributed by atoms with Gasteiger partial charge in [-0.3, -0.25) is 0 Å². The fourth-order valence-corrected chi connectivity index (χ4v) is 7.05. The molecule has 3 aliphatic heterocycles. The van der Waals surface area contributed by atoms with Gasteiger partial charge in [0.2, 0.25) is 5.95 Å². The number of aromatic nitrogens is 2. The van der Waals surface area contributed by atoms with E-state index in [9.17, 15) is 8.42 Å². The molecule has 1 N–H and O–H groups in total. The maximum absolute atomic E-state index is 12.0.